The molecule has 4 atom stereocenters. The van der Waals surface area contributed by atoms with E-state index in [0.717, 1.165) is 17.8 Å². The van der Waals surface area contributed by atoms with Gasteiger partial charge in [-0.3, -0.25) is 0 Å². The van der Waals surface area contributed by atoms with Gasteiger partial charge < -0.3 is 4.84 Å². The molecule has 2 unspecified atom stereocenters. The highest BCUT2D eigenvalue weighted by Gasteiger charge is 2.53. The van der Waals surface area contributed by atoms with Gasteiger partial charge in [0.1, 0.15) is 6.10 Å². The molecule has 0 spiro atoms. The van der Waals surface area contributed by atoms with Crippen LogP contribution >= 0.6 is 0 Å². The monoisotopic (exact) mass is 193 g/mol. The lowest BCUT2D eigenvalue weighted by atomic mass is 9.82. The molecule has 0 amide bonds. The molecule has 2 saturated carbocycles. The summed E-state index contributed by atoms with van der Waals surface area (Å²) in [4.78, 5) is 5.61. The summed E-state index contributed by atoms with van der Waals surface area (Å²) in [6, 6.07) is 0. The molecular formula is C12H19NO. The van der Waals surface area contributed by atoms with Gasteiger partial charge in [-0.2, -0.15) is 0 Å². The quantitative estimate of drug-likeness (QED) is 0.675. The van der Waals surface area contributed by atoms with Crippen molar-refractivity contribution in [2.24, 2.45) is 22.9 Å². The summed E-state index contributed by atoms with van der Waals surface area (Å²) in [5.41, 5.74) is 1.39. The number of rotatable bonds is 3. The van der Waals surface area contributed by atoms with E-state index >= 15 is 0 Å². The molecule has 1 aliphatic heterocycles. The maximum absolute atomic E-state index is 5.61. The Kier molecular flexibility index (Phi) is 2.03. The fourth-order valence-electron chi connectivity index (χ4n) is 3.61. The van der Waals surface area contributed by atoms with E-state index in [1.54, 1.807) is 0 Å². The minimum absolute atomic E-state index is 0.487. The summed E-state index contributed by atoms with van der Waals surface area (Å²) < 4.78 is 0. The summed E-state index contributed by atoms with van der Waals surface area (Å²) in [7, 11) is 0. The van der Waals surface area contributed by atoms with Crippen LogP contribution in [0.15, 0.2) is 5.16 Å². The van der Waals surface area contributed by atoms with Gasteiger partial charge >= 0.3 is 0 Å². The highest BCUT2D eigenvalue weighted by molar-refractivity contribution is 5.88. The van der Waals surface area contributed by atoms with Crippen molar-refractivity contribution in [3.05, 3.63) is 0 Å². The smallest absolute Gasteiger partial charge is 0.138 e. The van der Waals surface area contributed by atoms with Crippen molar-refractivity contribution in [2.75, 3.05) is 0 Å². The lowest BCUT2D eigenvalue weighted by Crippen LogP contribution is -2.29. The highest BCUT2D eigenvalue weighted by atomic mass is 16.6. The zero-order valence-electron chi connectivity index (χ0n) is 8.91. The van der Waals surface area contributed by atoms with Crippen molar-refractivity contribution < 1.29 is 4.84 Å². The van der Waals surface area contributed by atoms with Gasteiger partial charge in [0.2, 0.25) is 0 Å². The molecule has 14 heavy (non-hydrogen) atoms. The van der Waals surface area contributed by atoms with E-state index in [-0.39, 0.29) is 0 Å². The zero-order chi connectivity index (χ0) is 9.54. The first kappa shape index (κ1) is 8.75. The third-order valence-corrected chi connectivity index (χ3v) is 4.30. The third kappa shape index (κ3) is 1.12. The fraction of sp³-hybridized carbons (Fsp3) is 0.917. The second-order valence-electron chi connectivity index (χ2n) is 5.12. The Hall–Kier alpha value is -0.530. The predicted molar refractivity (Wildman–Crippen MR) is 56.2 cm³/mol. The van der Waals surface area contributed by atoms with Gasteiger partial charge in [0, 0.05) is 5.92 Å². The van der Waals surface area contributed by atoms with Crippen molar-refractivity contribution in [3.8, 4) is 0 Å². The van der Waals surface area contributed by atoms with Crippen molar-refractivity contribution >= 4 is 5.71 Å². The summed E-state index contributed by atoms with van der Waals surface area (Å²) in [6.45, 7) is 2.24. The topological polar surface area (TPSA) is 21.6 Å². The molecule has 0 aromatic rings. The first-order valence-electron chi connectivity index (χ1n) is 6.12. The van der Waals surface area contributed by atoms with Crippen LogP contribution in [0, 0.1) is 17.8 Å². The first-order chi connectivity index (χ1) is 6.90. The Balaban J connectivity index is 1.71. The van der Waals surface area contributed by atoms with E-state index in [4.69, 9.17) is 4.84 Å². The molecule has 2 nitrogen and oxygen atoms in total. The summed E-state index contributed by atoms with van der Waals surface area (Å²) in [5.74, 6) is 2.48. The molecule has 3 rings (SSSR count). The van der Waals surface area contributed by atoms with Gasteiger partial charge in [0.25, 0.3) is 0 Å². The van der Waals surface area contributed by atoms with Crippen LogP contribution in [-0.2, 0) is 4.84 Å². The SMILES string of the molecule is CCCCC1=NOC2C1[C@@H]1CC[C@H]2C1. The average Bonchev–Trinajstić information content (AvgIpc) is 2.87. The number of hydrogen-bond acceptors (Lipinski definition) is 2. The zero-order valence-corrected chi connectivity index (χ0v) is 8.91. The lowest BCUT2D eigenvalue weighted by Gasteiger charge is -2.22. The molecule has 2 heteroatoms. The minimum Gasteiger partial charge on any atom is -0.392 e. The van der Waals surface area contributed by atoms with E-state index in [2.05, 4.69) is 12.1 Å². The Morgan fingerprint density at radius 3 is 3.07 bits per heavy atom. The lowest BCUT2D eigenvalue weighted by molar-refractivity contribution is 0.0275. The van der Waals surface area contributed by atoms with Gasteiger partial charge in [-0.1, -0.05) is 18.5 Å². The minimum atomic E-state index is 0.487. The molecule has 0 aromatic heterocycles. The van der Waals surface area contributed by atoms with Crippen molar-refractivity contribution in [1.82, 2.24) is 0 Å². The normalized spacial score (nSPS) is 43.6. The molecule has 3 aliphatic rings. The number of hydrogen-bond donors (Lipinski definition) is 0. The van der Waals surface area contributed by atoms with E-state index in [9.17, 15) is 0 Å². The largest absolute Gasteiger partial charge is 0.392 e. The van der Waals surface area contributed by atoms with Crippen LogP contribution < -0.4 is 0 Å². The predicted octanol–water partition coefficient (Wildman–Crippen LogP) is 2.98. The average molecular weight is 193 g/mol. The second kappa shape index (κ2) is 3.25. The summed E-state index contributed by atoms with van der Waals surface area (Å²) in [5, 5.41) is 4.32. The molecule has 1 heterocycles. The molecule has 2 aliphatic carbocycles. The summed E-state index contributed by atoms with van der Waals surface area (Å²) >= 11 is 0. The Bertz CT molecular complexity index is 261. The van der Waals surface area contributed by atoms with Crippen molar-refractivity contribution in [3.63, 3.8) is 0 Å². The van der Waals surface area contributed by atoms with E-state index < -0.39 is 0 Å². The second-order valence-corrected chi connectivity index (χ2v) is 5.12. The van der Waals surface area contributed by atoms with E-state index in [0.29, 0.717) is 6.10 Å². The Morgan fingerprint density at radius 1 is 1.36 bits per heavy atom. The molecule has 0 saturated heterocycles. The molecule has 0 aromatic carbocycles. The molecule has 78 valence electrons. The standard InChI is InChI=1S/C12H19NO/c1-2-3-4-10-11-8-5-6-9(7-8)12(11)14-13-10/h8-9,11-12H,2-7H2,1H3/t8-,9+,11?,12?/m1/s1. The number of nitrogens with zero attached hydrogens (tertiary/aromatic N) is 1. The number of unbranched alkanes of at least 4 members (excludes halogenated alkanes) is 1. The van der Waals surface area contributed by atoms with Crippen LogP contribution in [0.4, 0.5) is 0 Å². The van der Waals surface area contributed by atoms with Gasteiger partial charge in [-0.05, 0) is 43.9 Å². The van der Waals surface area contributed by atoms with Crippen molar-refractivity contribution in [2.45, 2.75) is 51.6 Å². The maximum Gasteiger partial charge on any atom is 0.138 e. The maximum atomic E-state index is 5.61. The first-order valence-corrected chi connectivity index (χ1v) is 6.12. The van der Waals surface area contributed by atoms with Crippen LogP contribution in [0.25, 0.3) is 0 Å². The van der Waals surface area contributed by atoms with Crippen LogP contribution in [0.2, 0.25) is 0 Å². The van der Waals surface area contributed by atoms with Gasteiger partial charge in [-0.25, -0.2) is 0 Å². The molecule has 0 N–H and O–H groups in total. The number of oxime groups is 1. The van der Waals surface area contributed by atoms with Crippen molar-refractivity contribution in [1.29, 1.82) is 0 Å². The van der Waals surface area contributed by atoms with Crippen LogP contribution in [0.3, 0.4) is 0 Å². The molecule has 0 radical (unpaired) electrons. The van der Waals surface area contributed by atoms with Gasteiger partial charge in [0.15, 0.2) is 0 Å². The molecule has 2 fully saturated rings. The number of fused-ring (bicyclic) bond motifs is 5. The summed E-state index contributed by atoms with van der Waals surface area (Å²) in [6.07, 6.45) is 8.46. The van der Waals surface area contributed by atoms with Gasteiger partial charge in [-0.15, -0.1) is 0 Å². The Labute approximate surface area is 85.7 Å². The third-order valence-electron chi connectivity index (χ3n) is 4.30. The van der Waals surface area contributed by atoms with Crippen LogP contribution in [-0.4, -0.2) is 11.8 Å². The van der Waals surface area contributed by atoms with Crippen LogP contribution in [0.5, 0.6) is 0 Å². The van der Waals surface area contributed by atoms with Crippen LogP contribution in [0.1, 0.15) is 45.4 Å². The van der Waals surface area contributed by atoms with E-state index in [1.807, 2.05) is 0 Å². The van der Waals surface area contributed by atoms with Gasteiger partial charge in [0.05, 0.1) is 5.71 Å². The molecular weight excluding hydrogens is 174 g/mol. The highest BCUT2D eigenvalue weighted by Crippen LogP contribution is 2.52. The molecule has 2 bridgehead atoms. The Morgan fingerprint density at radius 2 is 2.21 bits per heavy atom. The van der Waals surface area contributed by atoms with E-state index in [1.165, 1.54) is 44.2 Å². The fourth-order valence-corrected chi connectivity index (χ4v) is 3.61.